The molecule has 0 saturated heterocycles. The minimum atomic E-state index is -0.330. The maximum Gasteiger partial charge on any atom is 0.237 e. The Balaban J connectivity index is 1.71. The van der Waals surface area contributed by atoms with E-state index in [4.69, 9.17) is 4.74 Å². The number of nitrogens with zero attached hydrogens (tertiary/aromatic N) is 3. The number of rotatable bonds is 6. The molecule has 1 atom stereocenters. The first-order valence-corrected chi connectivity index (χ1v) is 9.05. The van der Waals surface area contributed by atoms with Crippen LogP contribution < -0.4 is 10.1 Å². The van der Waals surface area contributed by atoms with Gasteiger partial charge in [-0.15, -0.1) is 10.2 Å². The molecule has 1 heterocycles. The van der Waals surface area contributed by atoms with Crippen molar-refractivity contribution >= 4 is 23.4 Å². The molecule has 1 aromatic heterocycles. The van der Waals surface area contributed by atoms with Gasteiger partial charge in [0.25, 0.3) is 0 Å². The highest BCUT2D eigenvalue weighted by atomic mass is 32.2. The largest absolute Gasteiger partial charge is 0.497 e. The Morgan fingerprint density at radius 2 is 1.81 bits per heavy atom. The van der Waals surface area contributed by atoms with Gasteiger partial charge in [0.1, 0.15) is 11.6 Å². The number of hydrogen-bond donors (Lipinski definition) is 1. The zero-order valence-corrected chi connectivity index (χ0v) is 15.7. The van der Waals surface area contributed by atoms with Gasteiger partial charge in [-0.25, -0.2) is 0 Å². The Hall–Kier alpha value is -2.80. The molecule has 26 heavy (non-hydrogen) atoms. The summed E-state index contributed by atoms with van der Waals surface area (Å²) in [5, 5.41) is 11.6. The lowest BCUT2D eigenvalue weighted by Crippen LogP contribution is -2.22. The number of thioether (sulfide) groups is 1. The molecule has 0 aliphatic carbocycles. The Bertz CT molecular complexity index is 878. The highest BCUT2D eigenvalue weighted by Crippen LogP contribution is 2.26. The fourth-order valence-corrected chi connectivity index (χ4v) is 3.34. The molecule has 0 unspecified atom stereocenters. The number of aryl methyl sites for hydroxylation is 1. The van der Waals surface area contributed by atoms with Crippen LogP contribution in [0.3, 0.4) is 0 Å². The monoisotopic (exact) mass is 368 g/mol. The van der Waals surface area contributed by atoms with E-state index in [9.17, 15) is 4.79 Å². The third kappa shape index (κ3) is 4.05. The fourth-order valence-electron chi connectivity index (χ4n) is 2.42. The second-order valence-corrected chi connectivity index (χ2v) is 6.99. The van der Waals surface area contributed by atoms with E-state index in [1.54, 1.807) is 7.11 Å². The van der Waals surface area contributed by atoms with Gasteiger partial charge in [0.2, 0.25) is 5.91 Å². The van der Waals surface area contributed by atoms with E-state index in [2.05, 4.69) is 15.5 Å². The number of hydrogen-bond acceptors (Lipinski definition) is 5. The van der Waals surface area contributed by atoms with Crippen LogP contribution in [0.15, 0.2) is 59.8 Å². The van der Waals surface area contributed by atoms with Gasteiger partial charge in [-0.2, -0.15) is 0 Å². The van der Waals surface area contributed by atoms with Gasteiger partial charge >= 0.3 is 0 Å². The number of methoxy groups -OCH3 is 1. The number of benzene rings is 2. The normalized spacial score (nSPS) is 11.8. The van der Waals surface area contributed by atoms with E-state index in [0.29, 0.717) is 5.16 Å². The highest BCUT2D eigenvalue weighted by Gasteiger charge is 2.20. The standard InChI is InChI=1S/C19H20N4O2S/c1-13(18(24)20-15-9-11-17(25-3)12-10-15)26-19-22-21-14(2)23(19)16-7-5-4-6-8-16/h4-13H,1-3H3,(H,20,24)/t13-/m1/s1. The van der Waals surface area contributed by atoms with E-state index in [0.717, 1.165) is 22.9 Å². The lowest BCUT2D eigenvalue weighted by Gasteiger charge is -2.13. The summed E-state index contributed by atoms with van der Waals surface area (Å²) in [5.41, 5.74) is 1.70. The number of carbonyl (C=O) groups excluding carboxylic acids is 1. The van der Waals surface area contributed by atoms with Crippen molar-refractivity contribution in [3.8, 4) is 11.4 Å². The van der Waals surface area contributed by atoms with Crippen LogP contribution in [0.1, 0.15) is 12.7 Å². The summed E-state index contributed by atoms with van der Waals surface area (Å²) in [6, 6.07) is 17.1. The molecule has 3 rings (SSSR count). The number of para-hydroxylation sites is 1. The van der Waals surface area contributed by atoms with Crippen LogP contribution in [-0.2, 0) is 4.79 Å². The second kappa shape index (κ2) is 8.05. The highest BCUT2D eigenvalue weighted by molar-refractivity contribution is 8.00. The van der Waals surface area contributed by atoms with E-state index in [-0.39, 0.29) is 11.2 Å². The SMILES string of the molecule is COc1ccc(NC(=O)[C@@H](C)Sc2nnc(C)n2-c2ccccc2)cc1. The molecule has 3 aromatic rings. The van der Waals surface area contributed by atoms with Gasteiger partial charge in [0.05, 0.1) is 12.4 Å². The summed E-state index contributed by atoms with van der Waals surface area (Å²) in [4.78, 5) is 12.5. The average Bonchev–Trinajstić information content (AvgIpc) is 3.03. The smallest absolute Gasteiger partial charge is 0.237 e. The van der Waals surface area contributed by atoms with E-state index < -0.39 is 0 Å². The maximum atomic E-state index is 12.5. The lowest BCUT2D eigenvalue weighted by atomic mass is 10.3. The molecule has 7 heteroatoms. The summed E-state index contributed by atoms with van der Waals surface area (Å²) >= 11 is 1.37. The predicted molar refractivity (Wildman–Crippen MR) is 103 cm³/mol. The summed E-state index contributed by atoms with van der Waals surface area (Å²) in [6.45, 7) is 3.75. The van der Waals surface area contributed by atoms with Crippen molar-refractivity contribution in [2.24, 2.45) is 0 Å². The first-order chi connectivity index (χ1) is 12.6. The number of aromatic nitrogens is 3. The third-order valence-electron chi connectivity index (χ3n) is 3.82. The minimum absolute atomic E-state index is 0.0968. The summed E-state index contributed by atoms with van der Waals surface area (Å²) < 4.78 is 7.07. The van der Waals surface area contributed by atoms with Crippen LogP contribution in [0.4, 0.5) is 5.69 Å². The molecular formula is C19H20N4O2S. The van der Waals surface area contributed by atoms with Gasteiger partial charge in [-0.3, -0.25) is 9.36 Å². The molecule has 0 radical (unpaired) electrons. The summed E-state index contributed by atoms with van der Waals surface area (Å²) in [5.74, 6) is 1.43. The van der Waals surface area contributed by atoms with Gasteiger partial charge in [-0.1, -0.05) is 30.0 Å². The van der Waals surface area contributed by atoms with E-state index in [1.807, 2.05) is 73.0 Å². The maximum absolute atomic E-state index is 12.5. The molecule has 0 aliphatic heterocycles. The van der Waals surface area contributed by atoms with E-state index in [1.165, 1.54) is 11.8 Å². The van der Waals surface area contributed by atoms with Gasteiger partial charge in [0.15, 0.2) is 5.16 Å². The minimum Gasteiger partial charge on any atom is -0.497 e. The molecule has 0 spiro atoms. The molecule has 0 fully saturated rings. The summed E-state index contributed by atoms with van der Waals surface area (Å²) in [6.07, 6.45) is 0. The zero-order chi connectivity index (χ0) is 18.5. The summed E-state index contributed by atoms with van der Waals surface area (Å²) in [7, 11) is 1.61. The Morgan fingerprint density at radius 3 is 2.46 bits per heavy atom. The average molecular weight is 368 g/mol. The van der Waals surface area contributed by atoms with Crippen LogP contribution in [0.25, 0.3) is 5.69 Å². The molecule has 1 N–H and O–H groups in total. The number of ether oxygens (including phenoxy) is 1. The Kier molecular flexibility index (Phi) is 5.58. The molecule has 0 saturated carbocycles. The van der Waals surface area contributed by atoms with Crippen molar-refractivity contribution in [1.82, 2.24) is 14.8 Å². The molecule has 0 aliphatic rings. The quantitative estimate of drug-likeness (QED) is 0.672. The Labute approximate surface area is 156 Å². The van der Waals surface area contributed by atoms with Gasteiger partial charge in [-0.05, 0) is 50.2 Å². The molecule has 2 aromatic carbocycles. The third-order valence-corrected chi connectivity index (χ3v) is 4.86. The van der Waals surface area contributed by atoms with Crippen LogP contribution in [0, 0.1) is 6.92 Å². The van der Waals surface area contributed by atoms with E-state index >= 15 is 0 Å². The fraction of sp³-hybridized carbons (Fsp3) is 0.211. The molecule has 0 bridgehead atoms. The van der Waals surface area contributed by atoms with Gasteiger partial charge < -0.3 is 10.1 Å². The van der Waals surface area contributed by atoms with Crippen LogP contribution in [-0.4, -0.2) is 33.0 Å². The first kappa shape index (κ1) is 18.0. The van der Waals surface area contributed by atoms with Crippen molar-refractivity contribution in [2.75, 3.05) is 12.4 Å². The van der Waals surface area contributed by atoms with Crippen LogP contribution in [0.5, 0.6) is 5.75 Å². The van der Waals surface area contributed by atoms with Crippen molar-refractivity contribution in [3.05, 3.63) is 60.4 Å². The van der Waals surface area contributed by atoms with Gasteiger partial charge in [0, 0.05) is 11.4 Å². The number of anilines is 1. The Morgan fingerprint density at radius 1 is 1.12 bits per heavy atom. The van der Waals surface area contributed by atoms with Crippen LogP contribution in [0.2, 0.25) is 0 Å². The molecule has 6 nitrogen and oxygen atoms in total. The predicted octanol–water partition coefficient (Wildman–Crippen LogP) is 3.70. The first-order valence-electron chi connectivity index (χ1n) is 8.17. The molecule has 134 valence electrons. The van der Waals surface area contributed by atoms with Crippen molar-refractivity contribution < 1.29 is 9.53 Å². The zero-order valence-electron chi connectivity index (χ0n) is 14.8. The number of carbonyl (C=O) groups is 1. The van der Waals surface area contributed by atoms with Crippen molar-refractivity contribution in [3.63, 3.8) is 0 Å². The van der Waals surface area contributed by atoms with Crippen LogP contribution >= 0.6 is 11.8 Å². The topological polar surface area (TPSA) is 69.0 Å². The number of amides is 1. The second-order valence-electron chi connectivity index (χ2n) is 5.68. The molecular weight excluding hydrogens is 348 g/mol. The van der Waals surface area contributed by atoms with Crippen molar-refractivity contribution in [2.45, 2.75) is 24.3 Å². The molecule has 1 amide bonds. The lowest BCUT2D eigenvalue weighted by molar-refractivity contribution is -0.115. The number of nitrogens with one attached hydrogen (secondary N) is 1. The van der Waals surface area contributed by atoms with Crippen molar-refractivity contribution in [1.29, 1.82) is 0 Å².